The van der Waals surface area contributed by atoms with Crippen LogP contribution in [0.1, 0.15) is 45.6 Å². The lowest BCUT2D eigenvalue weighted by Crippen LogP contribution is -2.55. The molecule has 0 aliphatic carbocycles. The number of rotatable bonds is 5. The summed E-state index contributed by atoms with van der Waals surface area (Å²) in [7, 11) is 0. The van der Waals surface area contributed by atoms with Gasteiger partial charge in [-0.2, -0.15) is 18.3 Å². The molecule has 1 aromatic heterocycles. The van der Waals surface area contributed by atoms with Crippen molar-refractivity contribution in [3.05, 3.63) is 113 Å². The van der Waals surface area contributed by atoms with E-state index in [1.165, 1.54) is 35.2 Å². The molecule has 40 heavy (non-hydrogen) atoms. The molecule has 2 amide bonds. The Bertz CT molecular complexity index is 1620. The van der Waals surface area contributed by atoms with E-state index in [-0.39, 0.29) is 17.8 Å². The van der Waals surface area contributed by atoms with Gasteiger partial charge in [0.2, 0.25) is 0 Å². The van der Waals surface area contributed by atoms with Gasteiger partial charge in [0.15, 0.2) is 0 Å². The molecular weight excluding hydrogens is 524 g/mol. The van der Waals surface area contributed by atoms with Crippen molar-refractivity contribution in [1.29, 1.82) is 0 Å². The molecule has 0 saturated heterocycles. The predicted molar refractivity (Wildman–Crippen MR) is 140 cm³/mol. The second-order valence-electron chi connectivity index (χ2n) is 9.12. The summed E-state index contributed by atoms with van der Waals surface area (Å²) in [4.78, 5) is 28.7. The van der Waals surface area contributed by atoms with Crippen LogP contribution in [0.25, 0.3) is 5.69 Å². The average Bonchev–Trinajstić information content (AvgIpc) is 3.33. The largest absolute Gasteiger partial charge is 0.416 e. The van der Waals surface area contributed by atoms with Crippen molar-refractivity contribution in [3.63, 3.8) is 0 Å². The Morgan fingerprint density at radius 3 is 2.38 bits per heavy atom. The summed E-state index contributed by atoms with van der Waals surface area (Å²) < 4.78 is 55.4. The number of para-hydroxylation sites is 1. The number of hydrogen-bond acceptors (Lipinski definition) is 3. The Hall–Kier alpha value is -4.91. The van der Waals surface area contributed by atoms with Crippen LogP contribution in [0, 0.1) is 18.2 Å². The minimum atomic E-state index is -4.66. The number of nitrogens with one attached hydrogen (secondary N) is 1. The third-order valence-electron chi connectivity index (χ3n) is 6.75. The summed E-state index contributed by atoms with van der Waals surface area (Å²) in [6.45, 7) is 1.92. The predicted octanol–water partition coefficient (Wildman–Crippen LogP) is 5.31. The monoisotopic (exact) mass is 546 g/mol. The first-order valence-electron chi connectivity index (χ1n) is 12.3. The highest BCUT2D eigenvalue weighted by molar-refractivity contribution is 6.05. The molecular formula is C30H22F4N4O2. The van der Waals surface area contributed by atoms with Gasteiger partial charge >= 0.3 is 6.18 Å². The van der Waals surface area contributed by atoms with Crippen LogP contribution in [-0.2, 0) is 11.0 Å². The molecule has 5 rings (SSSR count). The maximum atomic E-state index is 14.0. The third kappa shape index (κ3) is 4.71. The van der Waals surface area contributed by atoms with E-state index in [2.05, 4.69) is 16.3 Å². The molecule has 10 heteroatoms. The summed E-state index contributed by atoms with van der Waals surface area (Å²) in [5, 5.41) is 7.23. The highest BCUT2D eigenvalue weighted by Crippen LogP contribution is 2.43. The number of fused-ring (bicyclic) bond motifs is 1. The number of hydrogen-bond donors (Lipinski definition) is 1. The third-order valence-corrected chi connectivity index (χ3v) is 6.75. The smallest absolute Gasteiger partial charge is 0.339 e. The lowest BCUT2D eigenvalue weighted by molar-refractivity contribution is -0.137. The summed E-state index contributed by atoms with van der Waals surface area (Å²) in [6, 6.07) is 17.0. The van der Waals surface area contributed by atoms with Gasteiger partial charge in [-0.25, -0.2) is 9.07 Å². The molecule has 0 radical (unpaired) electrons. The zero-order chi connectivity index (χ0) is 28.6. The van der Waals surface area contributed by atoms with E-state index in [0.717, 1.165) is 18.2 Å². The quantitative estimate of drug-likeness (QED) is 0.273. The van der Waals surface area contributed by atoms with E-state index in [4.69, 9.17) is 6.42 Å². The molecule has 202 valence electrons. The summed E-state index contributed by atoms with van der Waals surface area (Å²) in [5.41, 5.74) is 0.486. The molecule has 1 N–H and O–H groups in total. The molecule has 0 saturated carbocycles. The maximum absolute atomic E-state index is 14.0. The van der Waals surface area contributed by atoms with Gasteiger partial charge in [0.05, 0.1) is 11.3 Å². The number of aromatic nitrogens is 2. The number of anilines is 1. The van der Waals surface area contributed by atoms with Crippen molar-refractivity contribution in [3.8, 4) is 18.0 Å². The van der Waals surface area contributed by atoms with Crippen LogP contribution in [0.15, 0.2) is 78.9 Å². The van der Waals surface area contributed by atoms with Crippen LogP contribution < -0.4 is 10.2 Å². The Balaban J connectivity index is 1.68. The number of halogens is 4. The number of amides is 2. The van der Waals surface area contributed by atoms with Gasteiger partial charge in [0, 0.05) is 23.6 Å². The lowest BCUT2D eigenvalue weighted by Gasteiger charge is -2.38. The van der Waals surface area contributed by atoms with E-state index in [1.807, 2.05) is 6.07 Å². The van der Waals surface area contributed by atoms with Crippen molar-refractivity contribution >= 4 is 17.6 Å². The van der Waals surface area contributed by atoms with E-state index in [0.29, 0.717) is 22.6 Å². The minimum absolute atomic E-state index is 0.181. The molecule has 0 unspecified atom stereocenters. The SMILES string of the molecule is C#Cc1nn(-c2ccccc2)c2c1[C@@H](c1ccc(F)cc1)[C@@H](NC(=O)c1cccc(C(F)(F)F)c1)C(=O)N2CC. The highest BCUT2D eigenvalue weighted by Gasteiger charge is 2.46. The molecule has 0 spiro atoms. The Labute approximate surface area is 227 Å². The Morgan fingerprint density at radius 2 is 1.75 bits per heavy atom. The summed E-state index contributed by atoms with van der Waals surface area (Å²) in [6.07, 6.45) is 1.21. The number of carbonyl (C=O) groups excluding carboxylic acids is 2. The van der Waals surface area contributed by atoms with E-state index < -0.39 is 41.3 Å². The van der Waals surface area contributed by atoms with E-state index >= 15 is 0 Å². The molecule has 2 atom stereocenters. The molecule has 0 fully saturated rings. The Kier molecular flexibility index (Phi) is 6.90. The Morgan fingerprint density at radius 1 is 1.05 bits per heavy atom. The van der Waals surface area contributed by atoms with Gasteiger partial charge in [-0.15, -0.1) is 6.42 Å². The van der Waals surface area contributed by atoms with Crippen molar-refractivity contribution in [2.24, 2.45) is 0 Å². The average molecular weight is 547 g/mol. The number of alkyl halides is 3. The lowest BCUT2D eigenvalue weighted by atomic mass is 9.81. The molecule has 0 bridgehead atoms. The van der Waals surface area contributed by atoms with Gasteiger partial charge in [0.1, 0.15) is 23.4 Å². The van der Waals surface area contributed by atoms with Crippen molar-refractivity contribution in [2.45, 2.75) is 25.1 Å². The van der Waals surface area contributed by atoms with Gasteiger partial charge in [-0.05, 0) is 60.9 Å². The van der Waals surface area contributed by atoms with Crippen LogP contribution >= 0.6 is 0 Å². The first-order chi connectivity index (χ1) is 19.1. The zero-order valence-corrected chi connectivity index (χ0v) is 21.1. The van der Waals surface area contributed by atoms with Crippen molar-refractivity contribution in [2.75, 3.05) is 11.4 Å². The maximum Gasteiger partial charge on any atom is 0.416 e. The molecule has 6 nitrogen and oxygen atoms in total. The summed E-state index contributed by atoms with van der Waals surface area (Å²) >= 11 is 0. The highest BCUT2D eigenvalue weighted by atomic mass is 19.4. The second-order valence-corrected chi connectivity index (χ2v) is 9.12. The van der Waals surface area contributed by atoms with Crippen molar-refractivity contribution < 1.29 is 27.2 Å². The van der Waals surface area contributed by atoms with Crippen LogP contribution in [0.3, 0.4) is 0 Å². The number of benzene rings is 3. The number of carbonyl (C=O) groups is 2. The second kappa shape index (κ2) is 10.3. The minimum Gasteiger partial charge on any atom is -0.339 e. The normalized spacial score (nSPS) is 16.8. The zero-order valence-electron chi connectivity index (χ0n) is 21.1. The van der Waals surface area contributed by atoms with Gasteiger partial charge < -0.3 is 5.32 Å². The van der Waals surface area contributed by atoms with Gasteiger partial charge in [-0.3, -0.25) is 14.5 Å². The van der Waals surface area contributed by atoms with Gasteiger partial charge in [0.25, 0.3) is 11.8 Å². The topological polar surface area (TPSA) is 67.2 Å². The fraction of sp³-hybridized carbons (Fsp3) is 0.167. The first-order valence-corrected chi connectivity index (χ1v) is 12.3. The van der Waals surface area contributed by atoms with Crippen molar-refractivity contribution in [1.82, 2.24) is 15.1 Å². The van der Waals surface area contributed by atoms with Crippen LogP contribution in [-0.4, -0.2) is 34.2 Å². The van der Waals surface area contributed by atoms with Gasteiger partial charge in [-0.1, -0.05) is 36.4 Å². The van der Waals surface area contributed by atoms with E-state index in [9.17, 15) is 27.2 Å². The summed E-state index contributed by atoms with van der Waals surface area (Å²) in [5.74, 6) is 0.130. The van der Waals surface area contributed by atoms with Crippen LogP contribution in [0.4, 0.5) is 23.4 Å². The fourth-order valence-electron chi connectivity index (χ4n) is 4.95. The number of nitrogens with zero attached hydrogens (tertiary/aromatic N) is 3. The van der Waals surface area contributed by atoms with Crippen LogP contribution in [0.2, 0.25) is 0 Å². The van der Waals surface area contributed by atoms with Crippen LogP contribution in [0.5, 0.6) is 0 Å². The standard InChI is InChI=1S/C30H22F4N4O2/c1-3-23-25-24(18-13-15-21(31)16-14-18)26(35-27(39)19-9-8-10-20(17-19)30(32,33)34)29(40)37(4-2)28(25)38(36-23)22-11-6-5-7-12-22/h1,5-17,24,26H,4H2,2H3,(H,35,39)/t24-,26-/m1/s1. The number of terminal acetylenes is 1. The number of likely N-dealkylation sites (N-methyl/N-ethyl adjacent to an activating group) is 1. The first kappa shape index (κ1) is 26.7. The molecule has 3 aromatic carbocycles. The fourth-order valence-corrected chi connectivity index (χ4v) is 4.95. The van der Waals surface area contributed by atoms with E-state index in [1.54, 1.807) is 35.9 Å². The molecule has 1 aliphatic heterocycles. The molecule has 4 aromatic rings. The molecule has 2 heterocycles. The molecule has 1 aliphatic rings.